The van der Waals surface area contributed by atoms with Gasteiger partial charge in [0.05, 0.1) is 13.5 Å². The molecule has 1 aromatic heterocycles. The number of carbonyl (C=O) groups excluding carboxylic acids is 1. The SMILES string of the molecule is COc1ccc2[nH]cc(CC(=O)NCCS)c2c1. The second-order valence-corrected chi connectivity index (χ2v) is 4.42. The average molecular weight is 264 g/mol. The fourth-order valence-electron chi connectivity index (χ4n) is 1.86. The van der Waals surface area contributed by atoms with Crippen LogP contribution in [-0.4, -0.2) is 30.3 Å². The summed E-state index contributed by atoms with van der Waals surface area (Å²) in [6.45, 7) is 0.591. The molecule has 0 fully saturated rings. The maximum Gasteiger partial charge on any atom is 0.224 e. The molecule has 0 aliphatic heterocycles. The second-order valence-electron chi connectivity index (χ2n) is 3.98. The number of ether oxygens (including phenoxy) is 1. The predicted molar refractivity (Wildman–Crippen MR) is 75.4 cm³/mol. The maximum absolute atomic E-state index is 11.7. The lowest BCUT2D eigenvalue weighted by Crippen LogP contribution is -2.26. The minimum Gasteiger partial charge on any atom is -0.497 e. The van der Waals surface area contributed by atoms with E-state index < -0.39 is 0 Å². The van der Waals surface area contributed by atoms with Crippen LogP contribution in [0.3, 0.4) is 0 Å². The molecule has 0 saturated carbocycles. The van der Waals surface area contributed by atoms with Gasteiger partial charge in [0.25, 0.3) is 0 Å². The molecule has 0 aliphatic carbocycles. The van der Waals surface area contributed by atoms with Crippen molar-refractivity contribution in [2.24, 2.45) is 0 Å². The molecule has 2 rings (SSSR count). The van der Waals surface area contributed by atoms with Crippen molar-refractivity contribution >= 4 is 29.4 Å². The average Bonchev–Trinajstić information content (AvgIpc) is 2.78. The van der Waals surface area contributed by atoms with E-state index in [0.29, 0.717) is 18.7 Å². The first-order chi connectivity index (χ1) is 8.74. The Kier molecular flexibility index (Phi) is 4.15. The van der Waals surface area contributed by atoms with Crippen LogP contribution in [0.4, 0.5) is 0 Å². The number of nitrogens with one attached hydrogen (secondary N) is 2. The molecule has 1 heterocycles. The Bertz CT molecular complexity index is 551. The van der Waals surface area contributed by atoms with Crippen LogP contribution in [0, 0.1) is 0 Å². The second kappa shape index (κ2) is 5.82. The number of hydrogen-bond acceptors (Lipinski definition) is 3. The number of hydrogen-bond donors (Lipinski definition) is 3. The largest absolute Gasteiger partial charge is 0.497 e. The van der Waals surface area contributed by atoms with Crippen molar-refractivity contribution in [1.82, 2.24) is 10.3 Å². The van der Waals surface area contributed by atoms with Crippen molar-refractivity contribution in [2.75, 3.05) is 19.4 Å². The van der Waals surface area contributed by atoms with Gasteiger partial charge in [-0.2, -0.15) is 12.6 Å². The fraction of sp³-hybridized carbons (Fsp3) is 0.308. The fourth-order valence-corrected chi connectivity index (χ4v) is 1.97. The number of carbonyl (C=O) groups is 1. The van der Waals surface area contributed by atoms with Crippen molar-refractivity contribution in [3.05, 3.63) is 30.0 Å². The summed E-state index contributed by atoms with van der Waals surface area (Å²) in [7, 11) is 1.63. The molecule has 2 aromatic rings. The van der Waals surface area contributed by atoms with Gasteiger partial charge in [-0.05, 0) is 23.8 Å². The smallest absolute Gasteiger partial charge is 0.224 e. The maximum atomic E-state index is 11.7. The lowest BCUT2D eigenvalue weighted by molar-refractivity contribution is -0.120. The lowest BCUT2D eigenvalue weighted by atomic mass is 10.1. The zero-order valence-electron chi connectivity index (χ0n) is 10.2. The number of methoxy groups -OCH3 is 1. The molecular formula is C13H16N2O2S. The van der Waals surface area contributed by atoms with E-state index in [1.165, 1.54) is 0 Å². The highest BCUT2D eigenvalue weighted by atomic mass is 32.1. The molecule has 0 unspecified atom stereocenters. The molecule has 0 radical (unpaired) electrons. The van der Waals surface area contributed by atoms with Gasteiger partial charge in [0.2, 0.25) is 5.91 Å². The van der Waals surface area contributed by atoms with Crippen LogP contribution in [0.2, 0.25) is 0 Å². The quantitative estimate of drug-likeness (QED) is 0.721. The van der Waals surface area contributed by atoms with Gasteiger partial charge in [-0.15, -0.1) is 0 Å². The van der Waals surface area contributed by atoms with Crippen LogP contribution < -0.4 is 10.1 Å². The number of fused-ring (bicyclic) bond motifs is 1. The number of aromatic amines is 1. The van der Waals surface area contributed by atoms with E-state index in [9.17, 15) is 4.79 Å². The Hall–Kier alpha value is -1.62. The minimum absolute atomic E-state index is 0.00719. The first kappa shape index (κ1) is 12.8. The van der Waals surface area contributed by atoms with Gasteiger partial charge < -0.3 is 15.0 Å². The van der Waals surface area contributed by atoms with Crippen molar-refractivity contribution in [1.29, 1.82) is 0 Å². The zero-order valence-corrected chi connectivity index (χ0v) is 11.1. The van der Waals surface area contributed by atoms with Gasteiger partial charge in [-0.25, -0.2) is 0 Å². The van der Waals surface area contributed by atoms with Crippen LogP contribution in [0.15, 0.2) is 24.4 Å². The van der Waals surface area contributed by atoms with Gasteiger partial charge in [-0.1, -0.05) is 0 Å². The summed E-state index contributed by atoms with van der Waals surface area (Å²) in [5.41, 5.74) is 1.98. The van der Waals surface area contributed by atoms with Gasteiger partial charge in [0.1, 0.15) is 5.75 Å². The Labute approximate surface area is 111 Å². The Morgan fingerprint density at radius 2 is 2.33 bits per heavy atom. The third kappa shape index (κ3) is 2.79. The van der Waals surface area contributed by atoms with Crippen LogP contribution >= 0.6 is 12.6 Å². The molecule has 0 aliphatic rings. The van der Waals surface area contributed by atoms with Crippen LogP contribution in [0.1, 0.15) is 5.56 Å². The van der Waals surface area contributed by atoms with Crippen LogP contribution in [0.25, 0.3) is 10.9 Å². The number of rotatable bonds is 5. The van der Waals surface area contributed by atoms with E-state index in [2.05, 4.69) is 22.9 Å². The number of benzene rings is 1. The van der Waals surface area contributed by atoms with E-state index >= 15 is 0 Å². The van der Waals surface area contributed by atoms with Crippen molar-refractivity contribution in [3.8, 4) is 5.75 Å². The Morgan fingerprint density at radius 3 is 3.06 bits per heavy atom. The number of aromatic nitrogens is 1. The van der Waals surface area contributed by atoms with Gasteiger partial charge >= 0.3 is 0 Å². The van der Waals surface area contributed by atoms with Crippen molar-refractivity contribution in [3.63, 3.8) is 0 Å². The molecule has 18 heavy (non-hydrogen) atoms. The third-order valence-corrected chi connectivity index (χ3v) is 2.98. The molecule has 0 bridgehead atoms. The Balaban J connectivity index is 2.20. The summed E-state index contributed by atoms with van der Waals surface area (Å²) in [6.07, 6.45) is 2.23. The monoisotopic (exact) mass is 264 g/mol. The summed E-state index contributed by atoms with van der Waals surface area (Å²) in [5.74, 6) is 1.44. The van der Waals surface area contributed by atoms with Crippen LogP contribution in [-0.2, 0) is 11.2 Å². The van der Waals surface area contributed by atoms with E-state index in [0.717, 1.165) is 22.2 Å². The normalized spacial score (nSPS) is 10.6. The highest BCUT2D eigenvalue weighted by molar-refractivity contribution is 7.80. The molecule has 5 heteroatoms. The number of thiol groups is 1. The number of H-pyrrole nitrogens is 1. The molecule has 0 atom stereocenters. The Morgan fingerprint density at radius 1 is 1.50 bits per heavy atom. The summed E-state index contributed by atoms with van der Waals surface area (Å²) in [6, 6.07) is 5.78. The molecule has 1 amide bonds. The number of amides is 1. The van der Waals surface area contributed by atoms with Gasteiger partial charge in [-0.3, -0.25) is 4.79 Å². The molecular weight excluding hydrogens is 248 g/mol. The van der Waals surface area contributed by atoms with Crippen molar-refractivity contribution in [2.45, 2.75) is 6.42 Å². The van der Waals surface area contributed by atoms with Gasteiger partial charge in [0.15, 0.2) is 0 Å². The van der Waals surface area contributed by atoms with Crippen LogP contribution in [0.5, 0.6) is 5.75 Å². The lowest BCUT2D eigenvalue weighted by Gasteiger charge is -2.03. The van der Waals surface area contributed by atoms with Crippen molar-refractivity contribution < 1.29 is 9.53 Å². The standard InChI is InChI=1S/C13H16N2O2S/c1-17-10-2-3-12-11(7-10)9(8-15-12)6-13(16)14-4-5-18/h2-3,7-8,15,18H,4-6H2,1H3,(H,14,16). The summed E-state index contributed by atoms with van der Waals surface area (Å²) in [4.78, 5) is 14.8. The zero-order chi connectivity index (χ0) is 13.0. The molecule has 0 saturated heterocycles. The molecule has 4 nitrogen and oxygen atoms in total. The van der Waals surface area contributed by atoms with Gasteiger partial charge in [0, 0.05) is 29.4 Å². The highest BCUT2D eigenvalue weighted by Crippen LogP contribution is 2.23. The van der Waals surface area contributed by atoms with E-state index in [1.807, 2.05) is 24.4 Å². The molecule has 1 aromatic carbocycles. The predicted octanol–water partition coefficient (Wildman–Crippen LogP) is 1.76. The first-order valence-corrected chi connectivity index (χ1v) is 6.39. The molecule has 2 N–H and O–H groups in total. The summed E-state index contributed by atoms with van der Waals surface area (Å²) in [5, 5.41) is 3.83. The first-order valence-electron chi connectivity index (χ1n) is 5.76. The third-order valence-electron chi connectivity index (χ3n) is 2.76. The summed E-state index contributed by atoms with van der Waals surface area (Å²) < 4.78 is 5.19. The van der Waals surface area contributed by atoms with E-state index in [1.54, 1.807) is 7.11 Å². The van der Waals surface area contributed by atoms with E-state index in [4.69, 9.17) is 4.74 Å². The molecule has 0 spiro atoms. The highest BCUT2D eigenvalue weighted by Gasteiger charge is 2.09. The summed E-state index contributed by atoms with van der Waals surface area (Å²) >= 11 is 4.06. The minimum atomic E-state index is 0.00719. The topological polar surface area (TPSA) is 54.1 Å². The van der Waals surface area contributed by atoms with E-state index in [-0.39, 0.29) is 5.91 Å². The molecule has 96 valence electrons.